The third kappa shape index (κ3) is 6.17. The van der Waals surface area contributed by atoms with Gasteiger partial charge in [0.1, 0.15) is 5.75 Å². The highest BCUT2D eigenvalue weighted by Crippen LogP contribution is 2.18. The van der Waals surface area contributed by atoms with E-state index in [9.17, 15) is 14.4 Å². The summed E-state index contributed by atoms with van der Waals surface area (Å²) in [5.41, 5.74) is 1.47. The highest BCUT2D eigenvalue weighted by Gasteiger charge is 2.16. The summed E-state index contributed by atoms with van der Waals surface area (Å²) in [6.45, 7) is 1.97. The molecule has 0 spiro atoms. The first-order valence-electron chi connectivity index (χ1n) is 9.72. The van der Waals surface area contributed by atoms with Crippen LogP contribution in [0.25, 0.3) is 0 Å². The highest BCUT2D eigenvalue weighted by molar-refractivity contribution is 6.08. The number of carbonyl (C=O) groups is 3. The number of para-hydroxylation sites is 1. The van der Waals surface area contributed by atoms with Gasteiger partial charge in [-0.3, -0.25) is 9.59 Å². The molecule has 0 aromatic heterocycles. The van der Waals surface area contributed by atoms with Gasteiger partial charge in [-0.2, -0.15) is 0 Å². The second kappa shape index (κ2) is 10.6. The van der Waals surface area contributed by atoms with Gasteiger partial charge in [0.2, 0.25) is 0 Å². The predicted octanol–water partition coefficient (Wildman–Crippen LogP) is 4.13. The van der Waals surface area contributed by atoms with Gasteiger partial charge in [0.15, 0.2) is 6.61 Å². The van der Waals surface area contributed by atoms with Gasteiger partial charge in [-0.25, -0.2) is 4.79 Å². The molecule has 0 atom stereocenters. The molecule has 3 aromatic carbocycles. The smallest absolute Gasteiger partial charge is 0.340 e. The second-order valence-electron chi connectivity index (χ2n) is 6.45. The van der Waals surface area contributed by atoms with Crippen LogP contribution in [-0.2, 0) is 9.53 Å². The number of esters is 1. The van der Waals surface area contributed by atoms with Crippen LogP contribution in [0.1, 0.15) is 27.6 Å². The standard InChI is InChI=1S/C24H22N2O5/c1-2-30-19-14-12-18(13-15-19)25-22(27)16-31-24(29)20-10-6-7-11-21(20)26-23(28)17-8-4-3-5-9-17/h3-15H,2,16H2,1H3,(H,25,27)(H,26,28). The van der Waals surface area contributed by atoms with E-state index < -0.39 is 18.5 Å². The Morgan fingerprint density at radius 1 is 0.806 bits per heavy atom. The first-order chi connectivity index (χ1) is 15.1. The Hall–Kier alpha value is -4.13. The fraction of sp³-hybridized carbons (Fsp3) is 0.125. The quantitative estimate of drug-likeness (QED) is 0.537. The Labute approximate surface area is 180 Å². The molecular weight excluding hydrogens is 396 g/mol. The molecule has 0 bridgehead atoms. The maximum Gasteiger partial charge on any atom is 0.340 e. The molecule has 0 aliphatic carbocycles. The number of anilines is 2. The minimum absolute atomic E-state index is 0.153. The maximum absolute atomic E-state index is 12.5. The fourth-order valence-electron chi connectivity index (χ4n) is 2.76. The van der Waals surface area contributed by atoms with Gasteiger partial charge in [0.05, 0.1) is 17.9 Å². The summed E-state index contributed by atoms with van der Waals surface area (Å²) in [7, 11) is 0. The topological polar surface area (TPSA) is 93.7 Å². The van der Waals surface area contributed by atoms with Crippen LogP contribution in [0.4, 0.5) is 11.4 Å². The molecule has 0 radical (unpaired) electrons. The van der Waals surface area contributed by atoms with E-state index >= 15 is 0 Å². The first kappa shape index (κ1) is 21.6. The molecule has 0 aliphatic heterocycles. The average molecular weight is 418 g/mol. The summed E-state index contributed by atoms with van der Waals surface area (Å²) in [6.07, 6.45) is 0. The maximum atomic E-state index is 12.5. The summed E-state index contributed by atoms with van der Waals surface area (Å²) >= 11 is 0. The third-order valence-electron chi connectivity index (χ3n) is 4.21. The van der Waals surface area contributed by atoms with Crippen molar-refractivity contribution < 1.29 is 23.9 Å². The number of amides is 2. The van der Waals surface area contributed by atoms with Gasteiger partial charge < -0.3 is 20.1 Å². The van der Waals surface area contributed by atoms with Crippen molar-refractivity contribution in [2.75, 3.05) is 23.8 Å². The Balaban J connectivity index is 1.58. The zero-order chi connectivity index (χ0) is 22.1. The zero-order valence-corrected chi connectivity index (χ0v) is 17.0. The summed E-state index contributed by atoms with van der Waals surface area (Å²) < 4.78 is 10.5. The first-order valence-corrected chi connectivity index (χ1v) is 9.72. The van der Waals surface area contributed by atoms with E-state index in [-0.39, 0.29) is 11.5 Å². The van der Waals surface area contributed by atoms with Crippen LogP contribution in [0.3, 0.4) is 0 Å². The Morgan fingerprint density at radius 2 is 1.48 bits per heavy atom. The van der Waals surface area contributed by atoms with Crippen LogP contribution in [-0.4, -0.2) is 31.0 Å². The number of benzene rings is 3. The SMILES string of the molecule is CCOc1ccc(NC(=O)COC(=O)c2ccccc2NC(=O)c2ccccc2)cc1. The van der Waals surface area contributed by atoms with Crippen LogP contribution in [0, 0.1) is 0 Å². The van der Waals surface area contributed by atoms with Crippen LogP contribution in [0.5, 0.6) is 5.75 Å². The lowest BCUT2D eigenvalue weighted by Gasteiger charge is -2.11. The number of carbonyl (C=O) groups excluding carboxylic acids is 3. The molecule has 2 N–H and O–H groups in total. The lowest BCUT2D eigenvalue weighted by atomic mass is 10.1. The molecule has 0 fully saturated rings. The van der Waals surface area contributed by atoms with Crippen molar-refractivity contribution in [1.82, 2.24) is 0 Å². The van der Waals surface area contributed by atoms with Gasteiger partial charge in [0.25, 0.3) is 11.8 Å². The largest absolute Gasteiger partial charge is 0.494 e. The molecule has 0 heterocycles. The molecule has 0 saturated heterocycles. The molecule has 0 unspecified atom stereocenters. The molecular formula is C24H22N2O5. The van der Waals surface area contributed by atoms with E-state index in [4.69, 9.17) is 9.47 Å². The minimum atomic E-state index is -0.717. The molecule has 0 aliphatic rings. The van der Waals surface area contributed by atoms with Gasteiger partial charge in [0, 0.05) is 11.3 Å². The Bertz CT molecular complexity index is 1050. The summed E-state index contributed by atoms with van der Waals surface area (Å²) in [5.74, 6) is -0.857. The monoisotopic (exact) mass is 418 g/mol. The molecule has 2 amide bonds. The van der Waals surface area contributed by atoms with Crippen molar-refractivity contribution >= 4 is 29.2 Å². The Kier molecular flexibility index (Phi) is 7.37. The summed E-state index contributed by atoms with van der Waals surface area (Å²) in [5, 5.41) is 5.34. The number of hydrogen-bond donors (Lipinski definition) is 2. The highest BCUT2D eigenvalue weighted by atomic mass is 16.5. The van der Waals surface area contributed by atoms with Gasteiger partial charge in [-0.15, -0.1) is 0 Å². The van der Waals surface area contributed by atoms with E-state index in [0.29, 0.717) is 29.3 Å². The summed E-state index contributed by atoms with van der Waals surface area (Å²) in [4.78, 5) is 37.0. The van der Waals surface area contributed by atoms with Crippen molar-refractivity contribution in [1.29, 1.82) is 0 Å². The van der Waals surface area contributed by atoms with Crippen LogP contribution in [0.15, 0.2) is 78.9 Å². The summed E-state index contributed by atoms with van der Waals surface area (Å²) in [6, 6.07) is 21.9. The Morgan fingerprint density at radius 3 is 2.19 bits per heavy atom. The lowest BCUT2D eigenvalue weighted by Crippen LogP contribution is -2.22. The van der Waals surface area contributed by atoms with E-state index in [0.717, 1.165) is 0 Å². The molecule has 7 nitrogen and oxygen atoms in total. The molecule has 0 saturated carbocycles. The van der Waals surface area contributed by atoms with Crippen LogP contribution < -0.4 is 15.4 Å². The van der Waals surface area contributed by atoms with Crippen molar-refractivity contribution in [3.63, 3.8) is 0 Å². The molecule has 158 valence electrons. The molecule has 31 heavy (non-hydrogen) atoms. The van der Waals surface area contributed by atoms with Crippen molar-refractivity contribution in [3.05, 3.63) is 90.0 Å². The van der Waals surface area contributed by atoms with Crippen molar-refractivity contribution in [2.24, 2.45) is 0 Å². The second-order valence-corrected chi connectivity index (χ2v) is 6.45. The van der Waals surface area contributed by atoms with Gasteiger partial charge in [-0.05, 0) is 55.5 Å². The number of rotatable bonds is 8. The minimum Gasteiger partial charge on any atom is -0.494 e. The van der Waals surface area contributed by atoms with E-state index in [1.54, 1.807) is 72.8 Å². The van der Waals surface area contributed by atoms with Crippen LogP contribution in [0.2, 0.25) is 0 Å². The normalized spacial score (nSPS) is 10.1. The fourth-order valence-corrected chi connectivity index (χ4v) is 2.76. The predicted molar refractivity (Wildman–Crippen MR) is 117 cm³/mol. The van der Waals surface area contributed by atoms with Gasteiger partial charge in [-0.1, -0.05) is 30.3 Å². The van der Waals surface area contributed by atoms with E-state index in [2.05, 4.69) is 10.6 Å². The molecule has 3 aromatic rings. The molecule has 3 rings (SSSR count). The molecule has 7 heteroatoms. The van der Waals surface area contributed by atoms with Gasteiger partial charge >= 0.3 is 5.97 Å². The lowest BCUT2D eigenvalue weighted by molar-refractivity contribution is -0.119. The van der Waals surface area contributed by atoms with E-state index in [1.807, 2.05) is 6.92 Å². The van der Waals surface area contributed by atoms with Crippen LogP contribution >= 0.6 is 0 Å². The zero-order valence-electron chi connectivity index (χ0n) is 17.0. The average Bonchev–Trinajstić information content (AvgIpc) is 2.80. The van der Waals surface area contributed by atoms with Crippen molar-refractivity contribution in [2.45, 2.75) is 6.92 Å². The van der Waals surface area contributed by atoms with E-state index in [1.165, 1.54) is 6.07 Å². The number of nitrogens with one attached hydrogen (secondary N) is 2. The van der Waals surface area contributed by atoms with Crippen molar-refractivity contribution in [3.8, 4) is 5.75 Å². The number of hydrogen-bond acceptors (Lipinski definition) is 5. The number of ether oxygens (including phenoxy) is 2. The third-order valence-corrected chi connectivity index (χ3v) is 4.21.